The second-order valence-electron chi connectivity index (χ2n) is 13.6. The maximum Gasteiger partial charge on any atom is 0.161 e. The van der Waals surface area contributed by atoms with Crippen LogP contribution in [0.4, 0.5) is 11.4 Å². The first-order chi connectivity index (χ1) is 25.2. The Labute approximate surface area is 302 Å². The molecule has 0 spiro atoms. The topological polar surface area (TPSA) is 87.9 Å². The highest BCUT2D eigenvalue weighted by Crippen LogP contribution is 2.32. The Hall–Kier alpha value is -4.48. The molecule has 4 heterocycles. The number of hydrogen-bond acceptors (Lipinski definition) is 10. The van der Waals surface area contributed by atoms with E-state index in [1.54, 1.807) is 0 Å². The first kappa shape index (κ1) is 34.9. The molecule has 4 aromatic rings. The molecule has 4 aromatic carbocycles. The van der Waals surface area contributed by atoms with Crippen molar-refractivity contribution >= 4 is 11.4 Å². The van der Waals surface area contributed by atoms with Gasteiger partial charge in [0.25, 0.3) is 0 Å². The van der Waals surface area contributed by atoms with Crippen molar-refractivity contribution in [1.29, 1.82) is 0 Å². The van der Waals surface area contributed by atoms with Gasteiger partial charge in [-0.2, -0.15) is 0 Å². The van der Waals surface area contributed by atoms with E-state index in [9.17, 15) is 0 Å². The lowest BCUT2D eigenvalue weighted by Crippen LogP contribution is -2.51. The molecule has 4 aliphatic heterocycles. The maximum atomic E-state index is 6.11. The lowest BCUT2D eigenvalue weighted by atomic mass is 10.1. The quantitative estimate of drug-likeness (QED) is 0.262. The van der Waals surface area contributed by atoms with Gasteiger partial charge in [0.05, 0.1) is 0 Å². The van der Waals surface area contributed by atoms with Crippen LogP contribution in [0.2, 0.25) is 0 Å². The van der Waals surface area contributed by atoms with Gasteiger partial charge in [-0.25, -0.2) is 0 Å². The van der Waals surface area contributed by atoms with E-state index in [0.29, 0.717) is 19.8 Å². The van der Waals surface area contributed by atoms with Crippen molar-refractivity contribution < 1.29 is 18.9 Å². The number of hydrogen-bond donors (Lipinski definition) is 2. The molecule has 4 aliphatic rings. The van der Waals surface area contributed by atoms with Crippen molar-refractivity contribution in [3.63, 3.8) is 0 Å². The normalized spacial score (nSPS) is 20.4. The largest absolute Gasteiger partial charge is 0.486 e. The summed E-state index contributed by atoms with van der Waals surface area (Å²) in [5.74, 6) is 3.43. The lowest BCUT2D eigenvalue weighted by Gasteiger charge is -2.39. The Morgan fingerprint density at radius 2 is 0.961 bits per heavy atom. The molecule has 51 heavy (non-hydrogen) atoms. The summed E-state index contributed by atoms with van der Waals surface area (Å²) in [4.78, 5) is 9.88. The zero-order chi connectivity index (χ0) is 34.8. The SMILES string of the molecule is CNCc1ccccc1N1CCN(CC2COc3ccccc3O2)CC1.NCc1ccccc1N1CCN(CC2COc3ccccc3O2)CC1. The van der Waals surface area contributed by atoms with Crippen LogP contribution in [-0.4, -0.2) is 108 Å². The third-order valence-electron chi connectivity index (χ3n) is 10.1. The molecule has 2 unspecified atom stereocenters. The maximum absolute atomic E-state index is 6.11. The smallest absolute Gasteiger partial charge is 0.161 e. The number of anilines is 2. The molecule has 0 saturated carbocycles. The van der Waals surface area contributed by atoms with Crippen molar-refractivity contribution in [1.82, 2.24) is 15.1 Å². The third-order valence-corrected chi connectivity index (χ3v) is 10.1. The summed E-state index contributed by atoms with van der Waals surface area (Å²) in [6.45, 7) is 12.8. The molecule has 10 nitrogen and oxygen atoms in total. The summed E-state index contributed by atoms with van der Waals surface area (Å²) in [6.07, 6.45) is 0.200. The van der Waals surface area contributed by atoms with E-state index >= 15 is 0 Å². The minimum absolute atomic E-state index is 0.0952. The molecule has 2 fully saturated rings. The van der Waals surface area contributed by atoms with Gasteiger partial charge < -0.3 is 39.8 Å². The van der Waals surface area contributed by atoms with E-state index in [0.717, 1.165) is 95.0 Å². The van der Waals surface area contributed by atoms with Gasteiger partial charge in [-0.1, -0.05) is 60.7 Å². The lowest BCUT2D eigenvalue weighted by molar-refractivity contribution is 0.0571. The number of piperazine rings is 2. The Morgan fingerprint density at radius 3 is 1.43 bits per heavy atom. The van der Waals surface area contributed by atoms with Crippen LogP contribution in [-0.2, 0) is 13.1 Å². The summed E-state index contributed by atoms with van der Waals surface area (Å²) >= 11 is 0. The van der Waals surface area contributed by atoms with Gasteiger partial charge in [0, 0.05) is 89.9 Å². The van der Waals surface area contributed by atoms with Gasteiger partial charge in [-0.15, -0.1) is 0 Å². The van der Waals surface area contributed by atoms with E-state index in [1.807, 2.05) is 55.6 Å². The number of fused-ring (bicyclic) bond motifs is 2. The van der Waals surface area contributed by atoms with Gasteiger partial charge in [0.15, 0.2) is 23.0 Å². The third kappa shape index (κ3) is 8.88. The summed E-state index contributed by atoms with van der Waals surface area (Å²) in [5.41, 5.74) is 11.1. The van der Waals surface area contributed by atoms with Gasteiger partial charge in [0.1, 0.15) is 25.4 Å². The standard InChI is InChI=1S/C21H27N3O2.C20H25N3O2/c1-22-14-17-6-2-3-7-19(17)24-12-10-23(11-13-24)15-18-16-25-20-8-4-5-9-21(20)26-18;21-13-16-5-1-2-6-18(16)23-11-9-22(10-12-23)14-17-15-24-19-7-3-4-8-20(19)25-17/h2-9,18,22H,10-16H2,1H3;1-8,17H,9-15,21H2. The highest BCUT2D eigenvalue weighted by Gasteiger charge is 2.27. The number of nitrogens with two attached hydrogens (primary N) is 1. The van der Waals surface area contributed by atoms with Crippen LogP contribution >= 0.6 is 0 Å². The van der Waals surface area contributed by atoms with Gasteiger partial charge in [-0.3, -0.25) is 9.80 Å². The number of para-hydroxylation sites is 6. The molecule has 2 atom stereocenters. The van der Waals surface area contributed by atoms with Crippen molar-refractivity contribution in [3.8, 4) is 23.0 Å². The summed E-state index contributed by atoms with van der Waals surface area (Å²) < 4.78 is 23.9. The second-order valence-corrected chi connectivity index (χ2v) is 13.6. The Morgan fingerprint density at radius 1 is 0.549 bits per heavy atom. The monoisotopic (exact) mass is 692 g/mol. The van der Waals surface area contributed by atoms with Gasteiger partial charge in [-0.05, 0) is 54.6 Å². The van der Waals surface area contributed by atoms with Crippen molar-refractivity contribution in [2.75, 3.05) is 95.5 Å². The van der Waals surface area contributed by atoms with Crippen LogP contribution in [0.5, 0.6) is 23.0 Å². The molecule has 8 rings (SSSR count). The molecule has 0 amide bonds. The first-order valence-corrected chi connectivity index (χ1v) is 18.4. The number of nitrogens with zero attached hydrogens (tertiary/aromatic N) is 4. The molecule has 0 aliphatic carbocycles. The summed E-state index contributed by atoms with van der Waals surface area (Å²) in [6, 6.07) is 32.9. The highest BCUT2D eigenvalue weighted by atomic mass is 16.6. The zero-order valence-corrected chi connectivity index (χ0v) is 29.8. The predicted molar refractivity (Wildman–Crippen MR) is 204 cm³/mol. The summed E-state index contributed by atoms with van der Waals surface area (Å²) in [5, 5.41) is 3.27. The summed E-state index contributed by atoms with van der Waals surface area (Å²) in [7, 11) is 2.00. The fourth-order valence-corrected chi connectivity index (χ4v) is 7.38. The molecule has 0 bridgehead atoms. The molecule has 270 valence electrons. The predicted octanol–water partition coefficient (Wildman–Crippen LogP) is 4.48. The van der Waals surface area contributed by atoms with Crippen molar-refractivity contribution in [3.05, 3.63) is 108 Å². The minimum Gasteiger partial charge on any atom is -0.486 e. The van der Waals surface area contributed by atoms with Crippen LogP contribution in [0.3, 0.4) is 0 Å². The molecule has 0 radical (unpaired) electrons. The fraction of sp³-hybridized carbons (Fsp3) is 0.415. The minimum atomic E-state index is 0.0952. The van der Waals surface area contributed by atoms with E-state index in [1.165, 1.54) is 22.5 Å². The molecular weight excluding hydrogens is 640 g/mol. The van der Waals surface area contributed by atoms with Crippen molar-refractivity contribution in [2.24, 2.45) is 5.73 Å². The number of ether oxygens (including phenoxy) is 4. The Bertz CT molecular complexity index is 1690. The molecular formula is C41H52N6O4. The van der Waals surface area contributed by atoms with Gasteiger partial charge >= 0.3 is 0 Å². The Balaban J connectivity index is 0.000000159. The van der Waals surface area contributed by atoms with Crippen LogP contribution in [0, 0.1) is 0 Å². The van der Waals surface area contributed by atoms with E-state index < -0.39 is 0 Å². The van der Waals surface area contributed by atoms with E-state index in [-0.39, 0.29) is 12.2 Å². The molecule has 10 heteroatoms. The van der Waals surface area contributed by atoms with Crippen LogP contribution < -0.4 is 39.8 Å². The number of benzene rings is 4. The fourth-order valence-electron chi connectivity index (χ4n) is 7.38. The molecule has 0 aromatic heterocycles. The van der Waals surface area contributed by atoms with E-state index in [4.69, 9.17) is 24.7 Å². The van der Waals surface area contributed by atoms with E-state index in [2.05, 4.69) is 73.4 Å². The average Bonchev–Trinajstić information content (AvgIpc) is 3.19. The number of nitrogens with one attached hydrogen (secondary N) is 1. The average molecular weight is 693 g/mol. The van der Waals surface area contributed by atoms with Crippen molar-refractivity contribution in [2.45, 2.75) is 25.3 Å². The Kier molecular flexibility index (Phi) is 11.8. The first-order valence-electron chi connectivity index (χ1n) is 18.4. The van der Waals surface area contributed by atoms with Gasteiger partial charge in [0.2, 0.25) is 0 Å². The van der Waals surface area contributed by atoms with Crippen LogP contribution in [0.15, 0.2) is 97.1 Å². The number of rotatable bonds is 9. The highest BCUT2D eigenvalue weighted by molar-refractivity contribution is 5.55. The second kappa shape index (κ2) is 17.2. The zero-order valence-electron chi connectivity index (χ0n) is 29.8. The van der Waals surface area contributed by atoms with Crippen LogP contribution in [0.25, 0.3) is 0 Å². The van der Waals surface area contributed by atoms with Crippen LogP contribution in [0.1, 0.15) is 11.1 Å². The molecule has 3 N–H and O–H groups in total. The molecule has 2 saturated heterocycles.